The summed E-state index contributed by atoms with van der Waals surface area (Å²) in [7, 11) is 0. The van der Waals surface area contributed by atoms with Crippen LogP contribution in [0.3, 0.4) is 0 Å². The lowest BCUT2D eigenvalue weighted by molar-refractivity contribution is 0.0522. The van der Waals surface area contributed by atoms with Gasteiger partial charge in [0, 0.05) is 5.39 Å². The van der Waals surface area contributed by atoms with E-state index in [1.165, 1.54) is 10.7 Å². The molecule has 1 aromatic carbocycles. The lowest BCUT2D eigenvalue weighted by atomic mass is 10.2. The van der Waals surface area contributed by atoms with Gasteiger partial charge in [-0.2, -0.15) is 9.78 Å². The minimum Gasteiger partial charge on any atom is -0.508 e. The van der Waals surface area contributed by atoms with Crippen molar-refractivity contribution in [2.24, 2.45) is 0 Å². The van der Waals surface area contributed by atoms with Crippen LogP contribution in [-0.2, 0) is 4.74 Å². The zero-order valence-electron chi connectivity index (χ0n) is 10.3. The third kappa shape index (κ3) is 2.58. The molecule has 0 radical (unpaired) electrons. The van der Waals surface area contributed by atoms with Crippen LogP contribution in [0.4, 0.5) is 4.79 Å². The van der Waals surface area contributed by atoms with Gasteiger partial charge in [0.15, 0.2) is 0 Å². The molecule has 0 saturated heterocycles. The number of phenols is 1. The number of hydrogen-bond acceptors (Lipinski definition) is 4. The number of carbonyl (C=O) groups excluding carboxylic acids is 1. The number of carbonyl (C=O) groups is 1. The Labute approximate surface area is 118 Å². The molecule has 0 aliphatic rings. The van der Waals surface area contributed by atoms with Crippen LogP contribution in [0.5, 0.6) is 5.75 Å². The average molecular weight is 360 g/mol. The van der Waals surface area contributed by atoms with Gasteiger partial charge in [-0.1, -0.05) is 0 Å². The van der Waals surface area contributed by atoms with Crippen LogP contribution in [0.25, 0.3) is 10.9 Å². The molecule has 1 heterocycles. The first-order valence-electron chi connectivity index (χ1n) is 5.38. The smallest absolute Gasteiger partial charge is 0.435 e. The monoisotopic (exact) mass is 360 g/mol. The molecule has 1 aromatic heterocycles. The Morgan fingerprint density at radius 1 is 1.44 bits per heavy atom. The lowest BCUT2D eigenvalue weighted by Crippen LogP contribution is -2.27. The van der Waals surface area contributed by atoms with E-state index in [0.717, 1.165) is 5.39 Å². The number of benzene rings is 1. The van der Waals surface area contributed by atoms with Crippen LogP contribution >= 0.6 is 22.6 Å². The second-order valence-electron chi connectivity index (χ2n) is 4.88. The first-order valence-corrected chi connectivity index (χ1v) is 6.46. The number of aromatic hydroxyl groups is 1. The highest BCUT2D eigenvalue weighted by Crippen LogP contribution is 2.25. The zero-order chi connectivity index (χ0) is 13.5. The highest BCUT2D eigenvalue weighted by atomic mass is 127. The Hall–Kier alpha value is -1.31. The number of rotatable bonds is 0. The van der Waals surface area contributed by atoms with Crippen molar-refractivity contribution < 1.29 is 14.6 Å². The van der Waals surface area contributed by atoms with Gasteiger partial charge in [0.2, 0.25) is 0 Å². The first kappa shape index (κ1) is 13.1. The van der Waals surface area contributed by atoms with Gasteiger partial charge in [0.1, 0.15) is 15.1 Å². The molecular weight excluding hydrogens is 347 g/mol. The van der Waals surface area contributed by atoms with Gasteiger partial charge in [-0.15, -0.1) is 0 Å². The van der Waals surface area contributed by atoms with E-state index >= 15 is 0 Å². The molecule has 18 heavy (non-hydrogen) atoms. The molecule has 0 saturated carbocycles. The van der Waals surface area contributed by atoms with Crippen molar-refractivity contribution in [2.75, 3.05) is 0 Å². The van der Waals surface area contributed by atoms with Gasteiger partial charge in [0.25, 0.3) is 0 Å². The van der Waals surface area contributed by atoms with Gasteiger partial charge in [0.05, 0.1) is 5.52 Å². The zero-order valence-corrected chi connectivity index (χ0v) is 12.4. The van der Waals surface area contributed by atoms with Crippen LogP contribution in [-0.4, -0.2) is 26.6 Å². The number of halogens is 1. The van der Waals surface area contributed by atoms with E-state index in [-0.39, 0.29) is 5.75 Å². The quantitative estimate of drug-likeness (QED) is 0.734. The molecule has 0 aliphatic heterocycles. The molecule has 2 aromatic rings. The predicted molar refractivity (Wildman–Crippen MR) is 75.7 cm³/mol. The predicted octanol–water partition coefficient (Wildman–Crippen LogP) is 3.13. The molecule has 0 spiro atoms. The molecule has 5 nitrogen and oxygen atoms in total. The number of phenolic OH excluding ortho intramolecular Hbond substituents is 1. The summed E-state index contributed by atoms with van der Waals surface area (Å²) in [5.74, 6) is 0.143. The highest BCUT2D eigenvalue weighted by Gasteiger charge is 2.21. The molecule has 0 atom stereocenters. The minimum absolute atomic E-state index is 0.143. The van der Waals surface area contributed by atoms with Crippen LogP contribution in [0.15, 0.2) is 18.2 Å². The number of nitrogens with zero attached hydrogens (tertiary/aromatic N) is 2. The molecule has 0 aliphatic carbocycles. The van der Waals surface area contributed by atoms with Gasteiger partial charge in [-0.05, 0) is 61.6 Å². The molecule has 0 amide bonds. The Morgan fingerprint density at radius 2 is 2.11 bits per heavy atom. The Balaban J connectivity index is 2.49. The second kappa shape index (κ2) is 4.42. The molecule has 0 unspecified atom stereocenters. The van der Waals surface area contributed by atoms with Gasteiger partial charge in [-0.25, -0.2) is 4.79 Å². The van der Waals surface area contributed by atoms with E-state index < -0.39 is 11.7 Å². The Kier molecular flexibility index (Phi) is 3.22. The standard InChI is InChI=1S/C12H13IN2O3/c1-12(2,3)18-11(17)15-9-5-4-7(16)6-8(9)10(13)14-15/h4-6,16H,1-3H3. The summed E-state index contributed by atoms with van der Waals surface area (Å²) >= 11 is 2.02. The lowest BCUT2D eigenvalue weighted by Gasteiger charge is -2.19. The summed E-state index contributed by atoms with van der Waals surface area (Å²) in [6.45, 7) is 5.40. The van der Waals surface area contributed by atoms with Crippen molar-refractivity contribution in [1.82, 2.24) is 9.78 Å². The van der Waals surface area contributed by atoms with Crippen molar-refractivity contribution in [1.29, 1.82) is 0 Å². The average Bonchev–Trinajstić information content (AvgIpc) is 2.54. The first-order chi connectivity index (χ1) is 8.28. The van der Waals surface area contributed by atoms with Crippen molar-refractivity contribution >= 4 is 39.6 Å². The van der Waals surface area contributed by atoms with Crippen LogP contribution in [0.2, 0.25) is 0 Å². The minimum atomic E-state index is -0.572. The fourth-order valence-electron chi connectivity index (χ4n) is 1.51. The molecular formula is C12H13IN2O3. The maximum atomic E-state index is 12.0. The number of aromatic nitrogens is 2. The third-order valence-electron chi connectivity index (χ3n) is 2.18. The summed E-state index contributed by atoms with van der Waals surface area (Å²) in [4.78, 5) is 12.0. The van der Waals surface area contributed by atoms with Crippen molar-refractivity contribution in [3.63, 3.8) is 0 Å². The van der Waals surface area contributed by atoms with E-state index in [4.69, 9.17) is 4.74 Å². The topological polar surface area (TPSA) is 64.4 Å². The molecule has 2 rings (SSSR count). The van der Waals surface area contributed by atoms with Crippen molar-refractivity contribution in [3.05, 3.63) is 21.9 Å². The maximum absolute atomic E-state index is 12.0. The molecule has 6 heteroatoms. The molecule has 0 bridgehead atoms. The maximum Gasteiger partial charge on any atom is 0.435 e. The van der Waals surface area contributed by atoms with Crippen LogP contribution in [0, 0.1) is 3.70 Å². The number of hydrogen-bond donors (Lipinski definition) is 1. The normalized spacial score (nSPS) is 11.8. The van der Waals surface area contributed by atoms with E-state index in [1.54, 1.807) is 32.9 Å². The highest BCUT2D eigenvalue weighted by molar-refractivity contribution is 14.1. The fourth-order valence-corrected chi connectivity index (χ4v) is 2.16. The Morgan fingerprint density at radius 3 is 2.72 bits per heavy atom. The summed E-state index contributed by atoms with van der Waals surface area (Å²) in [5.41, 5.74) is 0.0454. The number of ether oxygens (including phenoxy) is 1. The van der Waals surface area contributed by atoms with Gasteiger partial charge < -0.3 is 9.84 Å². The fraction of sp³-hybridized carbons (Fsp3) is 0.333. The van der Waals surface area contributed by atoms with E-state index in [1.807, 2.05) is 22.6 Å². The van der Waals surface area contributed by atoms with Crippen molar-refractivity contribution in [3.8, 4) is 5.75 Å². The van der Waals surface area contributed by atoms with E-state index in [2.05, 4.69) is 5.10 Å². The van der Waals surface area contributed by atoms with E-state index in [9.17, 15) is 9.90 Å². The summed E-state index contributed by atoms with van der Waals surface area (Å²) < 4.78 is 7.12. The number of fused-ring (bicyclic) bond motifs is 1. The summed E-state index contributed by atoms with van der Waals surface area (Å²) in [6.07, 6.45) is -0.527. The second-order valence-corrected chi connectivity index (χ2v) is 5.91. The summed E-state index contributed by atoms with van der Waals surface area (Å²) in [5, 5.41) is 14.3. The Bertz CT molecular complexity index is 614. The summed E-state index contributed by atoms with van der Waals surface area (Å²) in [6, 6.07) is 4.73. The van der Waals surface area contributed by atoms with Crippen LogP contribution < -0.4 is 0 Å². The SMILES string of the molecule is CC(C)(C)OC(=O)n1nc(I)c2cc(O)ccc21. The molecule has 96 valence electrons. The van der Waals surface area contributed by atoms with Gasteiger partial charge >= 0.3 is 6.09 Å². The third-order valence-corrected chi connectivity index (χ3v) is 2.98. The molecule has 0 fully saturated rings. The van der Waals surface area contributed by atoms with Crippen molar-refractivity contribution in [2.45, 2.75) is 26.4 Å². The van der Waals surface area contributed by atoms with Crippen LogP contribution in [0.1, 0.15) is 20.8 Å². The van der Waals surface area contributed by atoms with E-state index in [0.29, 0.717) is 9.22 Å². The largest absolute Gasteiger partial charge is 0.508 e. The molecule has 1 N–H and O–H groups in total. The van der Waals surface area contributed by atoms with Gasteiger partial charge in [-0.3, -0.25) is 0 Å².